The van der Waals surface area contributed by atoms with Crippen LogP contribution in [0.5, 0.6) is 5.75 Å². The van der Waals surface area contributed by atoms with E-state index < -0.39 is 16.4 Å². The summed E-state index contributed by atoms with van der Waals surface area (Å²) in [6, 6.07) is 8.10. The van der Waals surface area contributed by atoms with E-state index in [4.69, 9.17) is 9.15 Å². The highest BCUT2D eigenvalue weighted by Gasteiger charge is 2.42. The van der Waals surface area contributed by atoms with Crippen LogP contribution in [0.15, 0.2) is 39.5 Å². The summed E-state index contributed by atoms with van der Waals surface area (Å²) in [6.07, 6.45) is 0.703. The Morgan fingerprint density at radius 2 is 2.16 bits per heavy atom. The highest BCUT2D eigenvalue weighted by atomic mass is 32.2. The molecule has 25 heavy (non-hydrogen) atoms. The lowest BCUT2D eigenvalue weighted by Crippen LogP contribution is -2.54. The van der Waals surface area contributed by atoms with Crippen molar-refractivity contribution in [2.75, 3.05) is 12.4 Å². The van der Waals surface area contributed by atoms with Crippen LogP contribution in [0, 0.1) is 0 Å². The molecule has 1 aromatic heterocycles. The van der Waals surface area contributed by atoms with Crippen LogP contribution in [-0.4, -0.2) is 34.1 Å². The van der Waals surface area contributed by atoms with Gasteiger partial charge in [-0.25, -0.2) is 9.80 Å². The SMILES string of the molecule is CCC1(C)SCC(=O)N1NC(=O)COc1cc(=O)oc2ccccc12. The monoisotopic (exact) mass is 362 g/mol. The normalized spacial score (nSPS) is 20.1. The van der Waals surface area contributed by atoms with Crippen molar-refractivity contribution in [3.8, 4) is 5.75 Å². The first kappa shape index (κ1) is 17.3. The molecular formula is C17H18N2O5S. The summed E-state index contributed by atoms with van der Waals surface area (Å²) in [5, 5.41) is 1.96. The largest absolute Gasteiger partial charge is 0.483 e. The van der Waals surface area contributed by atoms with Crippen molar-refractivity contribution in [2.24, 2.45) is 0 Å². The highest BCUT2D eigenvalue weighted by Crippen LogP contribution is 2.37. The fourth-order valence-electron chi connectivity index (χ4n) is 2.55. The zero-order valence-electron chi connectivity index (χ0n) is 13.9. The van der Waals surface area contributed by atoms with E-state index in [-0.39, 0.29) is 18.3 Å². The molecule has 132 valence electrons. The van der Waals surface area contributed by atoms with Gasteiger partial charge in [0.2, 0.25) is 0 Å². The van der Waals surface area contributed by atoms with Gasteiger partial charge in [-0.3, -0.25) is 15.0 Å². The van der Waals surface area contributed by atoms with Gasteiger partial charge in [0.1, 0.15) is 16.2 Å². The number of benzene rings is 1. The summed E-state index contributed by atoms with van der Waals surface area (Å²) in [6.45, 7) is 3.54. The van der Waals surface area contributed by atoms with Gasteiger partial charge in [0.05, 0.1) is 17.2 Å². The Morgan fingerprint density at radius 1 is 1.40 bits per heavy atom. The number of hydrogen-bond donors (Lipinski definition) is 1. The minimum Gasteiger partial charge on any atom is -0.483 e. The molecule has 7 nitrogen and oxygen atoms in total. The van der Waals surface area contributed by atoms with E-state index >= 15 is 0 Å². The Labute approximate surface area is 148 Å². The smallest absolute Gasteiger partial charge is 0.339 e. The molecule has 3 rings (SSSR count). The number of thioether (sulfide) groups is 1. The van der Waals surface area contributed by atoms with Gasteiger partial charge in [0, 0.05) is 0 Å². The minimum atomic E-state index is -0.557. The number of carbonyl (C=O) groups excluding carboxylic acids is 2. The second kappa shape index (κ2) is 6.79. The van der Waals surface area contributed by atoms with E-state index in [1.807, 2.05) is 13.8 Å². The van der Waals surface area contributed by atoms with Crippen molar-refractivity contribution in [1.29, 1.82) is 0 Å². The number of hydrazine groups is 1. The lowest BCUT2D eigenvalue weighted by atomic mass is 10.2. The Bertz CT molecular complexity index is 881. The third-order valence-corrected chi connectivity index (χ3v) is 5.58. The van der Waals surface area contributed by atoms with Gasteiger partial charge in [0.15, 0.2) is 6.61 Å². The van der Waals surface area contributed by atoms with Crippen LogP contribution in [0.2, 0.25) is 0 Å². The van der Waals surface area contributed by atoms with Crippen LogP contribution < -0.4 is 15.8 Å². The van der Waals surface area contributed by atoms with Gasteiger partial charge in [-0.1, -0.05) is 19.1 Å². The van der Waals surface area contributed by atoms with Crippen LogP contribution in [0.1, 0.15) is 20.3 Å². The van der Waals surface area contributed by atoms with Crippen LogP contribution in [0.4, 0.5) is 0 Å². The third kappa shape index (κ3) is 3.48. The van der Waals surface area contributed by atoms with Crippen LogP contribution in [-0.2, 0) is 9.59 Å². The first-order valence-corrected chi connectivity index (χ1v) is 8.84. The lowest BCUT2D eigenvalue weighted by molar-refractivity contribution is -0.142. The fourth-order valence-corrected chi connectivity index (χ4v) is 3.60. The number of nitrogens with zero attached hydrogens (tertiary/aromatic N) is 1. The van der Waals surface area contributed by atoms with Gasteiger partial charge in [-0.05, 0) is 25.5 Å². The van der Waals surface area contributed by atoms with Gasteiger partial charge in [-0.15, -0.1) is 11.8 Å². The Kier molecular flexibility index (Phi) is 4.71. The van der Waals surface area contributed by atoms with Crippen molar-refractivity contribution in [1.82, 2.24) is 10.4 Å². The standard InChI is InChI=1S/C17H18N2O5S/c1-3-17(2)19(15(21)10-25-17)18-14(20)9-23-13-8-16(22)24-12-7-5-4-6-11(12)13/h4-8H,3,9-10H2,1-2H3,(H,18,20). The van der Waals surface area contributed by atoms with Gasteiger partial charge in [0.25, 0.3) is 11.8 Å². The molecule has 2 amide bonds. The molecular weight excluding hydrogens is 344 g/mol. The van der Waals surface area contributed by atoms with Gasteiger partial charge in [-0.2, -0.15) is 0 Å². The summed E-state index contributed by atoms with van der Waals surface area (Å²) >= 11 is 1.49. The minimum absolute atomic E-state index is 0.145. The van der Waals surface area contributed by atoms with Crippen LogP contribution in [0.3, 0.4) is 0 Å². The molecule has 0 saturated carbocycles. The molecule has 0 bridgehead atoms. The Morgan fingerprint density at radius 3 is 2.92 bits per heavy atom. The maximum Gasteiger partial charge on any atom is 0.339 e. The Balaban J connectivity index is 1.71. The van der Waals surface area contributed by atoms with Gasteiger partial charge < -0.3 is 9.15 Å². The van der Waals surface area contributed by atoms with E-state index in [9.17, 15) is 14.4 Å². The molecule has 1 N–H and O–H groups in total. The summed E-state index contributed by atoms with van der Waals surface area (Å²) in [5.74, 6) is -0.0146. The number of carbonyl (C=O) groups is 2. The maximum absolute atomic E-state index is 12.2. The lowest BCUT2D eigenvalue weighted by Gasteiger charge is -2.32. The molecule has 1 unspecified atom stereocenters. The average Bonchev–Trinajstić information content (AvgIpc) is 2.88. The highest BCUT2D eigenvalue weighted by molar-refractivity contribution is 8.01. The number of rotatable bonds is 5. The number of para-hydroxylation sites is 1. The first-order valence-electron chi connectivity index (χ1n) is 7.85. The molecule has 0 aliphatic carbocycles. The molecule has 2 heterocycles. The van der Waals surface area contributed by atoms with Gasteiger partial charge >= 0.3 is 5.63 Å². The predicted octanol–water partition coefficient (Wildman–Crippen LogP) is 1.90. The molecule has 1 aliphatic heterocycles. The quantitative estimate of drug-likeness (QED) is 0.818. The molecule has 0 radical (unpaired) electrons. The van der Waals surface area contributed by atoms with Crippen molar-refractivity contribution in [3.63, 3.8) is 0 Å². The third-order valence-electron chi connectivity index (χ3n) is 4.09. The molecule has 1 aromatic carbocycles. The zero-order chi connectivity index (χ0) is 18.0. The second-order valence-electron chi connectivity index (χ2n) is 5.80. The van der Waals surface area contributed by atoms with E-state index in [0.29, 0.717) is 23.1 Å². The number of fused-ring (bicyclic) bond motifs is 1. The molecule has 1 aliphatic rings. The van der Waals surface area contributed by atoms with Crippen molar-refractivity contribution >= 4 is 34.5 Å². The van der Waals surface area contributed by atoms with E-state index in [1.165, 1.54) is 22.8 Å². The van der Waals surface area contributed by atoms with Crippen molar-refractivity contribution in [3.05, 3.63) is 40.8 Å². The first-order chi connectivity index (χ1) is 11.9. The molecule has 1 saturated heterocycles. The predicted molar refractivity (Wildman–Crippen MR) is 94.1 cm³/mol. The van der Waals surface area contributed by atoms with Crippen LogP contribution in [0.25, 0.3) is 11.0 Å². The van der Waals surface area contributed by atoms with Crippen LogP contribution >= 0.6 is 11.8 Å². The molecule has 8 heteroatoms. The molecule has 2 aromatic rings. The summed E-state index contributed by atoms with van der Waals surface area (Å²) in [7, 11) is 0. The number of nitrogens with one attached hydrogen (secondary N) is 1. The fraction of sp³-hybridized carbons (Fsp3) is 0.353. The molecule has 1 atom stereocenters. The second-order valence-corrected chi connectivity index (χ2v) is 7.25. The number of ether oxygens (including phenoxy) is 1. The summed E-state index contributed by atoms with van der Waals surface area (Å²) in [5.41, 5.74) is 2.43. The Hall–Kier alpha value is -2.48. The number of amides is 2. The van der Waals surface area contributed by atoms with Crippen molar-refractivity contribution < 1.29 is 18.7 Å². The maximum atomic E-state index is 12.2. The molecule has 1 fully saturated rings. The average molecular weight is 362 g/mol. The topological polar surface area (TPSA) is 88.9 Å². The summed E-state index contributed by atoms with van der Waals surface area (Å²) in [4.78, 5) is 35.3. The zero-order valence-corrected chi connectivity index (χ0v) is 14.7. The van der Waals surface area contributed by atoms with E-state index in [2.05, 4.69) is 5.43 Å². The number of hydrogen-bond acceptors (Lipinski definition) is 6. The van der Waals surface area contributed by atoms with E-state index in [1.54, 1.807) is 24.3 Å². The van der Waals surface area contributed by atoms with Crippen molar-refractivity contribution in [2.45, 2.75) is 25.1 Å². The summed E-state index contributed by atoms with van der Waals surface area (Å²) < 4.78 is 10.6. The van der Waals surface area contributed by atoms with E-state index in [0.717, 1.165) is 0 Å². The molecule has 0 spiro atoms.